The second kappa shape index (κ2) is 6.75. The number of hydrogen-bond donors (Lipinski definition) is 2. The number of carboxylic acids is 1. The van der Waals surface area contributed by atoms with Gasteiger partial charge in [-0.3, -0.25) is 0 Å². The van der Waals surface area contributed by atoms with Crippen molar-refractivity contribution >= 4 is 12.0 Å². The van der Waals surface area contributed by atoms with Gasteiger partial charge in [0.15, 0.2) is 6.10 Å². The van der Waals surface area contributed by atoms with E-state index in [1.807, 2.05) is 20.8 Å². The van der Waals surface area contributed by atoms with Gasteiger partial charge in [-0.2, -0.15) is 0 Å². The van der Waals surface area contributed by atoms with E-state index in [0.717, 1.165) is 19.3 Å². The molecule has 110 valence electrons. The molecule has 1 aliphatic heterocycles. The summed E-state index contributed by atoms with van der Waals surface area (Å²) in [6.45, 7) is 6.95. The number of nitrogens with one attached hydrogen (secondary N) is 1. The van der Waals surface area contributed by atoms with E-state index < -0.39 is 12.1 Å². The summed E-state index contributed by atoms with van der Waals surface area (Å²) in [6.07, 6.45) is 1.66. The van der Waals surface area contributed by atoms with Crippen molar-refractivity contribution in [3.05, 3.63) is 0 Å². The van der Waals surface area contributed by atoms with Crippen LogP contribution in [-0.2, 0) is 9.53 Å². The molecule has 2 amide bonds. The summed E-state index contributed by atoms with van der Waals surface area (Å²) in [6, 6.07) is -0.194. The predicted octanol–water partition coefficient (Wildman–Crippen LogP) is 1.45. The van der Waals surface area contributed by atoms with Crippen molar-refractivity contribution < 1.29 is 19.4 Å². The number of aliphatic carboxylic acids is 1. The lowest BCUT2D eigenvalue weighted by Crippen LogP contribution is -2.57. The number of morpholine rings is 1. The fraction of sp³-hybridized carbons (Fsp3) is 0.846. The van der Waals surface area contributed by atoms with Crippen molar-refractivity contribution in [3.63, 3.8) is 0 Å². The summed E-state index contributed by atoms with van der Waals surface area (Å²) in [5, 5.41) is 12.0. The Morgan fingerprint density at radius 1 is 1.32 bits per heavy atom. The highest BCUT2D eigenvalue weighted by molar-refractivity contribution is 5.78. The van der Waals surface area contributed by atoms with Gasteiger partial charge in [0.1, 0.15) is 0 Å². The van der Waals surface area contributed by atoms with E-state index >= 15 is 0 Å². The van der Waals surface area contributed by atoms with Gasteiger partial charge >= 0.3 is 12.0 Å². The Morgan fingerprint density at radius 3 is 2.37 bits per heavy atom. The molecule has 1 unspecified atom stereocenters. The van der Waals surface area contributed by atoms with Crippen molar-refractivity contribution in [1.29, 1.82) is 0 Å². The van der Waals surface area contributed by atoms with Gasteiger partial charge in [0.2, 0.25) is 0 Å². The maximum Gasteiger partial charge on any atom is 0.334 e. The Balaban J connectivity index is 2.64. The van der Waals surface area contributed by atoms with Gasteiger partial charge in [-0.05, 0) is 19.3 Å². The van der Waals surface area contributed by atoms with E-state index in [2.05, 4.69) is 5.32 Å². The number of amides is 2. The molecule has 1 aliphatic rings. The van der Waals surface area contributed by atoms with Crippen LogP contribution in [0.15, 0.2) is 0 Å². The van der Waals surface area contributed by atoms with E-state index in [4.69, 9.17) is 9.84 Å². The summed E-state index contributed by atoms with van der Waals surface area (Å²) >= 11 is 0. The zero-order valence-corrected chi connectivity index (χ0v) is 11.9. The van der Waals surface area contributed by atoms with Crippen LogP contribution in [0, 0.1) is 0 Å². The Labute approximate surface area is 114 Å². The summed E-state index contributed by atoms with van der Waals surface area (Å²) in [7, 11) is 0. The molecule has 0 spiro atoms. The lowest BCUT2D eigenvalue weighted by atomic mass is 9.90. The van der Waals surface area contributed by atoms with Gasteiger partial charge in [0.25, 0.3) is 0 Å². The molecule has 0 aromatic heterocycles. The van der Waals surface area contributed by atoms with Crippen molar-refractivity contribution in [3.8, 4) is 0 Å². The minimum Gasteiger partial charge on any atom is -0.479 e. The molecule has 6 nitrogen and oxygen atoms in total. The first-order valence-electron chi connectivity index (χ1n) is 6.89. The summed E-state index contributed by atoms with van der Waals surface area (Å²) < 4.78 is 5.11. The van der Waals surface area contributed by atoms with Crippen LogP contribution in [0.25, 0.3) is 0 Å². The molecule has 0 aromatic carbocycles. The molecule has 1 saturated heterocycles. The van der Waals surface area contributed by atoms with E-state index in [9.17, 15) is 9.59 Å². The molecule has 1 heterocycles. The van der Waals surface area contributed by atoms with E-state index in [1.165, 1.54) is 4.90 Å². The van der Waals surface area contributed by atoms with Crippen LogP contribution in [0.4, 0.5) is 4.79 Å². The first kappa shape index (κ1) is 15.8. The summed E-state index contributed by atoms with van der Waals surface area (Å²) in [5.74, 6) is -1.02. The SMILES string of the molecule is CCC(CC)(CC)NC(=O)N1CCOC(C(=O)O)C1. The monoisotopic (exact) mass is 272 g/mol. The highest BCUT2D eigenvalue weighted by atomic mass is 16.5. The molecule has 0 bridgehead atoms. The topological polar surface area (TPSA) is 78.9 Å². The fourth-order valence-electron chi connectivity index (χ4n) is 2.30. The van der Waals surface area contributed by atoms with E-state index in [0.29, 0.717) is 6.54 Å². The van der Waals surface area contributed by atoms with E-state index in [-0.39, 0.29) is 24.7 Å². The molecule has 0 radical (unpaired) electrons. The van der Waals surface area contributed by atoms with Gasteiger partial charge in [0, 0.05) is 12.1 Å². The number of carbonyl (C=O) groups is 2. The second-order valence-electron chi connectivity index (χ2n) is 4.91. The highest BCUT2D eigenvalue weighted by Gasteiger charge is 2.32. The number of hydrogen-bond acceptors (Lipinski definition) is 3. The molecule has 0 aromatic rings. The number of urea groups is 1. The van der Waals surface area contributed by atoms with Crippen molar-refractivity contribution in [1.82, 2.24) is 10.2 Å². The number of rotatable bonds is 5. The van der Waals surface area contributed by atoms with Crippen LogP contribution in [0.5, 0.6) is 0 Å². The third-order valence-corrected chi connectivity index (χ3v) is 4.03. The van der Waals surface area contributed by atoms with Gasteiger partial charge in [-0.1, -0.05) is 20.8 Å². The van der Waals surface area contributed by atoms with Crippen LogP contribution >= 0.6 is 0 Å². The Hall–Kier alpha value is -1.30. The molecular formula is C13H24N2O4. The number of ether oxygens (including phenoxy) is 1. The zero-order valence-electron chi connectivity index (χ0n) is 11.9. The number of carboxylic acid groups (broad SMARTS) is 1. The first-order chi connectivity index (χ1) is 8.98. The molecule has 0 saturated carbocycles. The van der Waals surface area contributed by atoms with Crippen molar-refractivity contribution in [2.24, 2.45) is 0 Å². The average Bonchev–Trinajstić information content (AvgIpc) is 2.45. The van der Waals surface area contributed by atoms with Crippen LogP contribution < -0.4 is 5.32 Å². The molecule has 1 rings (SSSR count). The summed E-state index contributed by atoms with van der Waals surface area (Å²) in [5.41, 5.74) is -0.200. The fourth-order valence-corrected chi connectivity index (χ4v) is 2.30. The Bertz CT molecular complexity index is 320. The predicted molar refractivity (Wildman–Crippen MR) is 71.1 cm³/mol. The second-order valence-corrected chi connectivity index (χ2v) is 4.91. The Morgan fingerprint density at radius 2 is 1.89 bits per heavy atom. The standard InChI is InChI=1S/C13H24N2O4/c1-4-13(5-2,6-3)14-12(18)15-7-8-19-10(9-15)11(16)17/h10H,4-9H2,1-3H3,(H,14,18)(H,16,17). The van der Waals surface area contributed by atoms with Gasteiger partial charge in [-0.25, -0.2) is 9.59 Å². The van der Waals surface area contributed by atoms with Gasteiger partial charge < -0.3 is 20.1 Å². The maximum absolute atomic E-state index is 12.2. The first-order valence-corrected chi connectivity index (χ1v) is 6.89. The summed E-state index contributed by atoms with van der Waals surface area (Å²) in [4.78, 5) is 24.6. The van der Waals surface area contributed by atoms with Crippen LogP contribution in [0.3, 0.4) is 0 Å². The normalized spacial score (nSPS) is 20.2. The van der Waals surface area contributed by atoms with Crippen LogP contribution in [-0.4, -0.2) is 53.3 Å². The van der Waals surface area contributed by atoms with Crippen molar-refractivity contribution in [2.45, 2.75) is 51.7 Å². The largest absolute Gasteiger partial charge is 0.479 e. The number of carbonyl (C=O) groups excluding carboxylic acids is 1. The molecule has 2 N–H and O–H groups in total. The minimum atomic E-state index is -1.02. The maximum atomic E-state index is 12.2. The quantitative estimate of drug-likeness (QED) is 0.794. The van der Waals surface area contributed by atoms with E-state index in [1.54, 1.807) is 0 Å². The molecule has 1 atom stereocenters. The van der Waals surface area contributed by atoms with Crippen molar-refractivity contribution in [2.75, 3.05) is 19.7 Å². The smallest absolute Gasteiger partial charge is 0.334 e. The van der Waals surface area contributed by atoms with Gasteiger partial charge in [0.05, 0.1) is 13.2 Å². The Kier molecular flexibility index (Phi) is 5.60. The molecule has 6 heteroatoms. The van der Waals surface area contributed by atoms with Crippen LogP contribution in [0.1, 0.15) is 40.0 Å². The van der Waals surface area contributed by atoms with Gasteiger partial charge in [-0.15, -0.1) is 0 Å². The molecule has 0 aliphatic carbocycles. The molecule has 19 heavy (non-hydrogen) atoms. The van der Waals surface area contributed by atoms with Crippen LogP contribution in [0.2, 0.25) is 0 Å². The molecular weight excluding hydrogens is 248 g/mol. The third-order valence-electron chi connectivity index (χ3n) is 4.03. The molecule has 1 fully saturated rings. The third kappa shape index (κ3) is 3.83. The highest BCUT2D eigenvalue weighted by Crippen LogP contribution is 2.20. The lowest BCUT2D eigenvalue weighted by molar-refractivity contribution is -0.154. The lowest BCUT2D eigenvalue weighted by Gasteiger charge is -2.37. The minimum absolute atomic E-state index is 0.106. The zero-order chi connectivity index (χ0) is 14.5. The average molecular weight is 272 g/mol. The number of nitrogens with zero attached hydrogens (tertiary/aromatic N) is 1.